The van der Waals surface area contributed by atoms with Gasteiger partial charge in [-0.2, -0.15) is 0 Å². The molecule has 0 atom stereocenters. The van der Waals surface area contributed by atoms with Crippen LogP contribution in [0.2, 0.25) is 0 Å². The van der Waals surface area contributed by atoms with Gasteiger partial charge in [0.05, 0.1) is 0 Å². The van der Waals surface area contributed by atoms with Gasteiger partial charge in [0, 0.05) is 5.57 Å². The second-order valence-electron chi connectivity index (χ2n) is 5.72. The van der Waals surface area contributed by atoms with Crippen molar-refractivity contribution in [3.05, 3.63) is 84.9 Å². The monoisotopic (exact) mass is 314 g/mol. The highest BCUT2D eigenvalue weighted by atomic mass is 16.4. The number of hydrogen-bond donors (Lipinski definition) is 1. The summed E-state index contributed by atoms with van der Waals surface area (Å²) in [5, 5.41) is 15.9. The number of carboxylic acids is 1. The van der Waals surface area contributed by atoms with E-state index in [4.69, 9.17) is 5.11 Å². The fourth-order valence-corrected chi connectivity index (χ4v) is 2.86. The smallest absolute Gasteiger partial charge is 0.330 e. The Balaban J connectivity index is 0.000000246. The summed E-state index contributed by atoms with van der Waals surface area (Å²) < 4.78 is 0. The quantitative estimate of drug-likeness (QED) is 0.356. The lowest BCUT2D eigenvalue weighted by molar-refractivity contribution is -0.132. The number of aliphatic carboxylic acids is 1. The van der Waals surface area contributed by atoms with Crippen molar-refractivity contribution in [1.29, 1.82) is 0 Å². The zero-order valence-electron chi connectivity index (χ0n) is 13.5. The Kier molecular flexibility index (Phi) is 4.30. The summed E-state index contributed by atoms with van der Waals surface area (Å²) in [4.78, 5) is 9.60. The molecule has 4 aromatic rings. The van der Waals surface area contributed by atoms with Crippen molar-refractivity contribution in [3.8, 4) is 0 Å². The van der Waals surface area contributed by atoms with Crippen LogP contribution in [0.25, 0.3) is 32.3 Å². The molecule has 0 aromatic heterocycles. The second-order valence-corrected chi connectivity index (χ2v) is 5.72. The van der Waals surface area contributed by atoms with E-state index in [0.29, 0.717) is 0 Å². The largest absolute Gasteiger partial charge is 0.478 e. The lowest BCUT2D eigenvalue weighted by Gasteiger charge is -2.09. The maximum Gasteiger partial charge on any atom is 0.330 e. The van der Waals surface area contributed by atoms with Crippen molar-refractivity contribution >= 4 is 38.3 Å². The first kappa shape index (κ1) is 15.8. The topological polar surface area (TPSA) is 37.3 Å². The van der Waals surface area contributed by atoms with E-state index < -0.39 is 5.97 Å². The van der Waals surface area contributed by atoms with Gasteiger partial charge in [-0.05, 0) is 39.2 Å². The van der Waals surface area contributed by atoms with Gasteiger partial charge in [0.25, 0.3) is 0 Å². The van der Waals surface area contributed by atoms with E-state index in [0.717, 1.165) is 0 Å². The Morgan fingerprint density at radius 3 is 0.958 bits per heavy atom. The van der Waals surface area contributed by atoms with E-state index in [9.17, 15) is 4.79 Å². The van der Waals surface area contributed by atoms with Gasteiger partial charge in [0.2, 0.25) is 0 Å². The van der Waals surface area contributed by atoms with Crippen molar-refractivity contribution in [3.63, 3.8) is 0 Å². The molecule has 0 bridgehead atoms. The summed E-state index contributed by atoms with van der Waals surface area (Å²) >= 11 is 0. The van der Waals surface area contributed by atoms with E-state index in [1.807, 2.05) is 0 Å². The van der Waals surface area contributed by atoms with Crippen LogP contribution in [0.1, 0.15) is 6.92 Å². The van der Waals surface area contributed by atoms with Crippen LogP contribution in [0.5, 0.6) is 0 Å². The van der Waals surface area contributed by atoms with E-state index in [1.165, 1.54) is 39.2 Å². The van der Waals surface area contributed by atoms with Crippen LogP contribution in [-0.4, -0.2) is 11.1 Å². The highest BCUT2D eigenvalue weighted by Crippen LogP contribution is 2.34. The normalized spacial score (nSPS) is 10.4. The Morgan fingerprint density at radius 2 is 0.833 bits per heavy atom. The molecule has 0 radical (unpaired) electrons. The third kappa shape index (κ3) is 2.86. The van der Waals surface area contributed by atoms with Crippen LogP contribution >= 0.6 is 0 Å². The summed E-state index contributed by atoms with van der Waals surface area (Å²) in [7, 11) is 0. The molecule has 0 aliphatic rings. The Labute approximate surface area is 140 Å². The van der Waals surface area contributed by atoms with Gasteiger partial charge in [-0.25, -0.2) is 4.79 Å². The van der Waals surface area contributed by atoms with Gasteiger partial charge in [-0.15, -0.1) is 0 Å². The van der Waals surface area contributed by atoms with Crippen LogP contribution < -0.4 is 0 Å². The third-order valence-electron chi connectivity index (χ3n) is 4.02. The average molecular weight is 314 g/mol. The fourth-order valence-electron chi connectivity index (χ4n) is 2.86. The molecule has 0 saturated heterocycles. The van der Waals surface area contributed by atoms with Gasteiger partial charge in [0.1, 0.15) is 0 Å². The van der Waals surface area contributed by atoms with Gasteiger partial charge in [-0.1, -0.05) is 79.4 Å². The van der Waals surface area contributed by atoms with Crippen molar-refractivity contribution in [2.45, 2.75) is 6.92 Å². The molecule has 4 aromatic carbocycles. The number of benzene rings is 4. The molecule has 4 rings (SSSR count). The van der Waals surface area contributed by atoms with Crippen molar-refractivity contribution in [1.82, 2.24) is 0 Å². The van der Waals surface area contributed by atoms with Crippen LogP contribution in [0, 0.1) is 0 Å². The Hall–Kier alpha value is -3.13. The van der Waals surface area contributed by atoms with Crippen molar-refractivity contribution in [2.24, 2.45) is 0 Å². The van der Waals surface area contributed by atoms with Crippen LogP contribution in [-0.2, 0) is 4.79 Å². The Bertz CT molecular complexity index is 828. The number of carbonyl (C=O) groups is 1. The predicted molar refractivity (Wildman–Crippen MR) is 101 cm³/mol. The van der Waals surface area contributed by atoms with E-state index in [1.54, 1.807) is 0 Å². The molecule has 0 unspecified atom stereocenters. The molecule has 0 saturated carbocycles. The molecule has 1 N–H and O–H groups in total. The fraction of sp³-hybridized carbons (Fsp3) is 0.0455. The average Bonchev–Trinajstić information content (AvgIpc) is 2.62. The molecule has 118 valence electrons. The lowest BCUT2D eigenvalue weighted by atomic mass is 9.95. The summed E-state index contributed by atoms with van der Waals surface area (Å²) in [6, 6.07) is 26.0. The highest BCUT2D eigenvalue weighted by molar-refractivity contribution is 6.25. The predicted octanol–water partition coefficient (Wildman–Crippen LogP) is 5.79. The molecule has 0 aliphatic carbocycles. The number of rotatable bonds is 1. The maximum absolute atomic E-state index is 9.60. The summed E-state index contributed by atoms with van der Waals surface area (Å²) in [6.45, 7) is 4.60. The van der Waals surface area contributed by atoms with Gasteiger partial charge < -0.3 is 5.11 Å². The minimum absolute atomic E-state index is 0.176. The molecule has 0 aliphatic heterocycles. The minimum Gasteiger partial charge on any atom is -0.478 e. The molecule has 2 nitrogen and oxygen atoms in total. The molecule has 0 heterocycles. The first-order valence-corrected chi connectivity index (χ1v) is 7.76. The van der Waals surface area contributed by atoms with Crippen molar-refractivity contribution in [2.75, 3.05) is 0 Å². The first-order chi connectivity index (χ1) is 11.6. The molecule has 24 heavy (non-hydrogen) atoms. The first-order valence-electron chi connectivity index (χ1n) is 7.76. The standard InChI is InChI=1S/C18H12.C4H6O2/c1-2-8-14-13(7-1)15-9-3-4-11-17(15)18-12-6-5-10-16(14)18;1-3(2)4(5)6/h1-12H;1H2,2H3,(H,5,6). The zero-order valence-corrected chi connectivity index (χ0v) is 13.5. The molecule has 2 heteroatoms. The molecule has 0 fully saturated rings. The summed E-state index contributed by atoms with van der Waals surface area (Å²) in [6.07, 6.45) is 0. The van der Waals surface area contributed by atoms with Crippen LogP contribution in [0.4, 0.5) is 0 Å². The van der Waals surface area contributed by atoms with E-state index in [2.05, 4.69) is 79.4 Å². The number of hydrogen-bond acceptors (Lipinski definition) is 1. The Morgan fingerprint density at radius 1 is 0.667 bits per heavy atom. The lowest BCUT2D eigenvalue weighted by Crippen LogP contribution is -1.92. The molecular formula is C22H18O2. The van der Waals surface area contributed by atoms with Gasteiger partial charge in [0.15, 0.2) is 0 Å². The van der Waals surface area contributed by atoms with Crippen molar-refractivity contribution < 1.29 is 9.90 Å². The van der Waals surface area contributed by atoms with Gasteiger partial charge >= 0.3 is 5.97 Å². The maximum atomic E-state index is 9.60. The molecular weight excluding hydrogens is 296 g/mol. The summed E-state index contributed by atoms with van der Waals surface area (Å²) in [5.41, 5.74) is 0.176. The minimum atomic E-state index is -0.935. The second kappa shape index (κ2) is 6.55. The van der Waals surface area contributed by atoms with Crippen LogP contribution in [0.3, 0.4) is 0 Å². The summed E-state index contributed by atoms with van der Waals surface area (Å²) in [5.74, 6) is -0.935. The third-order valence-corrected chi connectivity index (χ3v) is 4.02. The number of fused-ring (bicyclic) bond motifs is 6. The SMILES string of the molecule is C=C(C)C(=O)O.c1ccc2c(c1)c1ccccc1c1ccccc21. The van der Waals surface area contributed by atoms with E-state index >= 15 is 0 Å². The molecule has 0 spiro atoms. The molecule has 0 amide bonds. The highest BCUT2D eigenvalue weighted by Gasteiger charge is 2.06. The van der Waals surface area contributed by atoms with Gasteiger partial charge in [-0.3, -0.25) is 0 Å². The number of carboxylic acid groups (broad SMARTS) is 1. The zero-order chi connectivity index (χ0) is 17.1. The van der Waals surface area contributed by atoms with E-state index in [-0.39, 0.29) is 5.57 Å². The van der Waals surface area contributed by atoms with Crippen LogP contribution in [0.15, 0.2) is 84.9 Å².